The molecule has 26 heavy (non-hydrogen) atoms. The van der Waals surface area contributed by atoms with Gasteiger partial charge in [-0.15, -0.1) is 0 Å². The van der Waals surface area contributed by atoms with Crippen molar-refractivity contribution in [2.24, 2.45) is 0 Å². The molecule has 0 saturated heterocycles. The molecule has 0 aromatic heterocycles. The fraction of sp³-hybridized carbons (Fsp3) is 0.600. The molecular formula is C20H29NO5. The molecular weight excluding hydrogens is 334 g/mol. The average molecular weight is 363 g/mol. The summed E-state index contributed by atoms with van der Waals surface area (Å²) in [5.74, 6) is -0.544. The van der Waals surface area contributed by atoms with Gasteiger partial charge in [-0.25, -0.2) is 4.79 Å². The highest BCUT2D eigenvalue weighted by atomic mass is 16.5. The van der Waals surface area contributed by atoms with Crippen molar-refractivity contribution in [3.05, 3.63) is 29.8 Å². The highest BCUT2D eigenvalue weighted by molar-refractivity contribution is 5.80. The Bertz CT molecular complexity index is 578. The Labute approximate surface area is 155 Å². The SMILES string of the molecule is CC(OC1CCCCCC1)C(=O)N(C)Cc1ccc(OCC(=O)O)cc1. The molecule has 144 valence electrons. The van der Waals surface area contributed by atoms with Gasteiger partial charge in [-0.3, -0.25) is 4.79 Å². The summed E-state index contributed by atoms with van der Waals surface area (Å²) in [6.45, 7) is 1.93. The molecule has 0 aliphatic heterocycles. The molecule has 1 atom stereocenters. The van der Waals surface area contributed by atoms with Crippen LogP contribution in [0.4, 0.5) is 0 Å². The number of nitrogens with zero attached hydrogens (tertiary/aromatic N) is 1. The third-order valence-corrected chi connectivity index (χ3v) is 4.63. The molecule has 0 spiro atoms. The number of hydrogen-bond donors (Lipinski definition) is 1. The Morgan fingerprint density at radius 3 is 2.35 bits per heavy atom. The van der Waals surface area contributed by atoms with Gasteiger partial charge in [-0.05, 0) is 37.5 Å². The first-order valence-corrected chi connectivity index (χ1v) is 9.29. The van der Waals surface area contributed by atoms with Gasteiger partial charge in [0, 0.05) is 13.6 Å². The molecule has 1 aliphatic rings. The van der Waals surface area contributed by atoms with E-state index in [1.807, 2.05) is 19.1 Å². The van der Waals surface area contributed by atoms with Crippen molar-refractivity contribution >= 4 is 11.9 Å². The second kappa shape index (κ2) is 10.2. The predicted octanol–water partition coefficient (Wildman–Crippen LogP) is 3.24. The zero-order chi connectivity index (χ0) is 18.9. The lowest BCUT2D eigenvalue weighted by molar-refractivity contribution is -0.146. The van der Waals surface area contributed by atoms with Crippen LogP contribution in [0.15, 0.2) is 24.3 Å². The highest BCUT2D eigenvalue weighted by Gasteiger charge is 2.23. The van der Waals surface area contributed by atoms with Crippen LogP contribution in [0, 0.1) is 0 Å². The molecule has 0 bridgehead atoms. The summed E-state index contributed by atoms with van der Waals surface area (Å²) in [5.41, 5.74) is 0.949. The van der Waals surface area contributed by atoms with Crippen LogP contribution < -0.4 is 4.74 Å². The highest BCUT2D eigenvalue weighted by Crippen LogP contribution is 2.21. The van der Waals surface area contributed by atoms with Gasteiger partial charge >= 0.3 is 5.97 Å². The van der Waals surface area contributed by atoms with Crippen LogP contribution in [0.3, 0.4) is 0 Å². The van der Waals surface area contributed by atoms with Crippen LogP contribution in [-0.4, -0.2) is 47.7 Å². The third kappa shape index (κ3) is 6.67. The first-order valence-electron chi connectivity index (χ1n) is 9.29. The van der Waals surface area contributed by atoms with Gasteiger partial charge in [0.2, 0.25) is 0 Å². The number of hydrogen-bond acceptors (Lipinski definition) is 4. The molecule has 1 amide bonds. The quantitative estimate of drug-likeness (QED) is 0.718. The summed E-state index contributed by atoms with van der Waals surface area (Å²) in [4.78, 5) is 24.7. The van der Waals surface area contributed by atoms with Gasteiger partial charge in [0.15, 0.2) is 6.61 Å². The summed E-state index contributed by atoms with van der Waals surface area (Å²) in [5, 5.41) is 8.61. The summed E-state index contributed by atoms with van der Waals surface area (Å²) in [6.07, 6.45) is 6.70. The summed E-state index contributed by atoms with van der Waals surface area (Å²) >= 11 is 0. The summed E-state index contributed by atoms with van der Waals surface area (Å²) < 4.78 is 11.1. The summed E-state index contributed by atoms with van der Waals surface area (Å²) in [7, 11) is 1.77. The largest absolute Gasteiger partial charge is 0.482 e. The zero-order valence-corrected chi connectivity index (χ0v) is 15.6. The van der Waals surface area contributed by atoms with E-state index in [0.717, 1.165) is 18.4 Å². The number of carboxylic acid groups (broad SMARTS) is 1. The van der Waals surface area contributed by atoms with Gasteiger partial charge in [-0.2, -0.15) is 0 Å². The van der Waals surface area contributed by atoms with Crippen molar-refractivity contribution in [2.45, 2.75) is 64.2 Å². The lowest BCUT2D eigenvalue weighted by atomic mass is 10.1. The van der Waals surface area contributed by atoms with E-state index in [0.29, 0.717) is 12.3 Å². The first kappa shape index (κ1) is 20.2. The number of carboxylic acids is 1. The zero-order valence-electron chi connectivity index (χ0n) is 15.6. The second-order valence-corrected chi connectivity index (χ2v) is 6.91. The number of amides is 1. The van der Waals surface area contributed by atoms with Gasteiger partial charge < -0.3 is 19.5 Å². The number of likely N-dealkylation sites (N-methyl/N-ethyl adjacent to an activating group) is 1. The van der Waals surface area contributed by atoms with Crippen molar-refractivity contribution < 1.29 is 24.2 Å². The molecule has 1 unspecified atom stereocenters. The maximum Gasteiger partial charge on any atom is 0.341 e. The predicted molar refractivity (Wildman–Crippen MR) is 98.1 cm³/mol. The first-order chi connectivity index (χ1) is 12.5. The molecule has 1 aromatic carbocycles. The number of aliphatic carboxylic acids is 1. The Morgan fingerprint density at radius 2 is 1.77 bits per heavy atom. The van der Waals surface area contributed by atoms with Crippen LogP contribution in [-0.2, 0) is 20.9 Å². The molecule has 1 saturated carbocycles. The Hall–Kier alpha value is -2.08. The van der Waals surface area contributed by atoms with E-state index in [9.17, 15) is 9.59 Å². The van der Waals surface area contributed by atoms with Gasteiger partial charge in [0.1, 0.15) is 11.9 Å². The summed E-state index contributed by atoms with van der Waals surface area (Å²) in [6, 6.07) is 7.08. The topological polar surface area (TPSA) is 76.1 Å². The Kier molecular flexibility index (Phi) is 7.91. The number of rotatable bonds is 8. The van der Waals surface area contributed by atoms with Gasteiger partial charge in [0.25, 0.3) is 5.91 Å². The standard InChI is InChI=1S/C20H29NO5/c1-15(26-18-7-5-3-4-6-8-18)20(24)21(2)13-16-9-11-17(12-10-16)25-14-19(22)23/h9-12,15,18H,3-8,13-14H2,1-2H3,(H,22,23). The molecule has 0 radical (unpaired) electrons. The van der Waals surface area contributed by atoms with E-state index < -0.39 is 12.1 Å². The number of carbonyl (C=O) groups is 2. The maximum absolute atomic E-state index is 12.6. The fourth-order valence-electron chi connectivity index (χ4n) is 3.22. The molecule has 1 fully saturated rings. The van der Waals surface area contributed by atoms with Gasteiger partial charge in [-0.1, -0.05) is 37.8 Å². The van der Waals surface area contributed by atoms with Crippen molar-refractivity contribution in [1.82, 2.24) is 4.90 Å². The Balaban J connectivity index is 1.82. The average Bonchev–Trinajstić information content (AvgIpc) is 2.89. The van der Waals surface area contributed by atoms with Crippen molar-refractivity contribution in [3.8, 4) is 5.75 Å². The van der Waals surface area contributed by atoms with Crippen LogP contribution in [0.25, 0.3) is 0 Å². The van der Waals surface area contributed by atoms with E-state index >= 15 is 0 Å². The van der Waals surface area contributed by atoms with E-state index in [1.165, 1.54) is 25.7 Å². The lowest BCUT2D eigenvalue weighted by Crippen LogP contribution is -2.37. The van der Waals surface area contributed by atoms with Crippen molar-refractivity contribution in [2.75, 3.05) is 13.7 Å². The number of carbonyl (C=O) groups excluding carboxylic acids is 1. The van der Waals surface area contributed by atoms with Crippen LogP contribution in [0.1, 0.15) is 51.0 Å². The molecule has 2 rings (SSSR count). The lowest BCUT2D eigenvalue weighted by Gasteiger charge is -2.25. The molecule has 6 nitrogen and oxygen atoms in total. The molecule has 6 heteroatoms. The van der Waals surface area contributed by atoms with Crippen LogP contribution in [0.2, 0.25) is 0 Å². The number of ether oxygens (including phenoxy) is 2. The van der Waals surface area contributed by atoms with E-state index in [2.05, 4.69) is 0 Å². The maximum atomic E-state index is 12.6. The Morgan fingerprint density at radius 1 is 1.15 bits per heavy atom. The smallest absolute Gasteiger partial charge is 0.341 e. The van der Waals surface area contributed by atoms with E-state index in [4.69, 9.17) is 14.6 Å². The van der Waals surface area contributed by atoms with Gasteiger partial charge in [0.05, 0.1) is 6.10 Å². The van der Waals surface area contributed by atoms with E-state index in [-0.39, 0.29) is 18.6 Å². The minimum absolute atomic E-state index is 0.0274. The minimum atomic E-state index is -1.01. The molecule has 1 N–H and O–H groups in total. The normalized spacial score (nSPS) is 16.5. The number of benzene rings is 1. The van der Waals surface area contributed by atoms with Crippen molar-refractivity contribution in [1.29, 1.82) is 0 Å². The van der Waals surface area contributed by atoms with Crippen molar-refractivity contribution in [3.63, 3.8) is 0 Å². The molecule has 1 aromatic rings. The second-order valence-electron chi connectivity index (χ2n) is 6.91. The molecule has 0 heterocycles. The molecule has 1 aliphatic carbocycles. The van der Waals surface area contributed by atoms with Crippen LogP contribution in [0.5, 0.6) is 5.75 Å². The minimum Gasteiger partial charge on any atom is -0.482 e. The van der Waals surface area contributed by atoms with Crippen LogP contribution >= 0.6 is 0 Å². The fourth-order valence-corrected chi connectivity index (χ4v) is 3.22. The monoisotopic (exact) mass is 363 g/mol. The van der Waals surface area contributed by atoms with E-state index in [1.54, 1.807) is 24.1 Å². The third-order valence-electron chi connectivity index (χ3n) is 4.63.